The first-order valence-electron chi connectivity index (χ1n) is 8.03. The molecule has 0 amide bonds. The quantitative estimate of drug-likeness (QED) is 0.838. The fraction of sp³-hybridized carbons (Fsp3) is 0.667. The molecule has 3 heteroatoms. The zero-order chi connectivity index (χ0) is 15.3. The first-order chi connectivity index (χ1) is 9.92. The van der Waals surface area contributed by atoms with E-state index < -0.39 is 0 Å². The summed E-state index contributed by atoms with van der Waals surface area (Å²) >= 11 is 5.97. The zero-order valence-electron chi connectivity index (χ0n) is 13.5. The van der Waals surface area contributed by atoms with Gasteiger partial charge in [-0.1, -0.05) is 23.7 Å². The Labute approximate surface area is 134 Å². The van der Waals surface area contributed by atoms with Gasteiger partial charge < -0.3 is 10.1 Å². The number of hydrogen-bond donors (Lipinski definition) is 1. The van der Waals surface area contributed by atoms with Gasteiger partial charge in [0.1, 0.15) is 0 Å². The van der Waals surface area contributed by atoms with E-state index in [-0.39, 0.29) is 5.54 Å². The molecular weight excluding hydrogens is 282 g/mol. The maximum atomic E-state index is 5.97. The van der Waals surface area contributed by atoms with Crippen LogP contribution < -0.4 is 5.32 Å². The summed E-state index contributed by atoms with van der Waals surface area (Å²) in [7, 11) is 0. The molecule has 1 aliphatic rings. The van der Waals surface area contributed by atoms with Gasteiger partial charge in [-0.2, -0.15) is 0 Å². The van der Waals surface area contributed by atoms with Crippen LogP contribution in [0.15, 0.2) is 24.3 Å². The van der Waals surface area contributed by atoms with Crippen molar-refractivity contribution in [1.82, 2.24) is 5.32 Å². The van der Waals surface area contributed by atoms with Gasteiger partial charge in [0.25, 0.3) is 0 Å². The molecule has 1 saturated heterocycles. The molecule has 1 heterocycles. The van der Waals surface area contributed by atoms with Gasteiger partial charge in [-0.25, -0.2) is 0 Å². The average molecular weight is 310 g/mol. The number of hydrogen-bond acceptors (Lipinski definition) is 2. The third-order valence-electron chi connectivity index (χ3n) is 3.98. The maximum absolute atomic E-state index is 5.97. The minimum absolute atomic E-state index is 0.161. The van der Waals surface area contributed by atoms with Crippen LogP contribution in [-0.2, 0) is 11.2 Å². The van der Waals surface area contributed by atoms with Gasteiger partial charge in [0, 0.05) is 17.2 Å². The predicted octanol–water partition coefficient (Wildman–Crippen LogP) is 4.46. The van der Waals surface area contributed by atoms with Crippen LogP contribution in [0.1, 0.15) is 45.6 Å². The van der Waals surface area contributed by atoms with Crippen molar-refractivity contribution in [3.05, 3.63) is 34.9 Å². The molecule has 118 valence electrons. The Bertz CT molecular complexity index is 418. The molecule has 1 aromatic carbocycles. The first kappa shape index (κ1) is 16.8. The van der Waals surface area contributed by atoms with Crippen molar-refractivity contribution in [3.63, 3.8) is 0 Å². The van der Waals surface area contributed by atoms with Gasteiger partial charge in [-0.3, -0.25) is 0 Å². The molecular formula is C18H28ClNO. The predicted molar refractivity (Wildman–Crippen MR) is 90.0 cm³/mol. The Hall–Kier alpha value is -0.570. The topological polar surface area (TPSA) is 21.3 Å². The van der Waals surface area contributed by atoms with Crippen LogP contribution in [0.2, 0.25) is 5.02 Å². The molecule has 2 unspecified atom stereocenters. The second kappa shape index (κ2) is 7.62. The third kappa shape index (κ3) is 6.37. The molecule has 2 nitrogen and oxygen atoms in total. The lowest BCUT2D eigenvalue weighted by molar-refractivity contribution is 0.0882. The van der Waals surface area contributed by atoms with Gasteiger partial charge in [-0.15, -0.1) is 0 Å². The molecule has 0 spiro atoms. The number of halogens is 1. The summed E-state index contributed by atoms with van der Waals surface area (Å²) in [5.74, 6) is 0.605. The Morgan fingerprint density at radius 2 is 2.00 bits per heavy atom. The Morgan fingerprint density at radius 3 is 2.57 bits per heavy atom. The summed E-state index contributed by atoms with van der Waals surface area (Å²) in [6, 6.07) is 8.25. The van der Waals surface area contributed by atoms with Crippen LogP contribution in [0.3, 0.4) is 0 Å². The molecule has 0 bridgehead atoms. The molecule has 1 fully saturated rings. The van der Waals surface area contributed by atoms with Crippen molar-refractivity contribution < 1.29 is 4.74 Å². The van der Waals surface area contributed by atoms with Gasteiger partial charge in [0.05, 0.1) is 6.10 Å². The van der Waals surface area contributed by atoms with E-state index in [4.69, 9.17) is 16.3 Å². The van der Waals surface area contributed by atoms with E-state index in [1.54, 1.807) is 0 Å². The van der Waals surface area contributed by atoms with Crippen LogP contribution in [0, 0.1) is 5.92 Å². The Balaban J connectivity index is 1.94. The summed E-state index contributed by atoms with van der Waals surface area (Å²) in [6.45, 7) is 8.63. The molecule has 0 radical (unpaired) electrons. The van der Waals surface area contributed by atoms with E-state index in [0.29, 0.717) is 12.0 Å². The molecule has 0 aromatic heterocycles. The van der Waals surface area contributed by atoms with Gasteiger partial charge >= 0.3 is 0 Å². The molecule has 0 saturated carbocycles. The maximum Gasteiger partial charge on any atom is 0.0579 e. The average Bonchev–Trinajstić information content (AvgIpc) is 2.91. The summed E-state index contributed by atoms with van der Waals surface area (Å²) < 4.78 is 5.82. The Morgan fingerprint density at radius 1 is 1.29 bits per heavy atom. The van der Waals surface area contributed by atoms with E-state index in [2.05, 4.69) is 38.2 Å². The van der Waals surface area contributed by atoms with Gasteiger partial charge in [-0.05, 0) is 76.6 Å². The van der Waals surface area contributed by atoms with Crippen molar-refractivity contribution in [2.45, 2.75) is 58.1 Å². The fourth-order valence-electron chi connectivity index (χ4n) is 2.85. The van der Waals surface area contributed by atoms with Gasteiger partial charge in [0.2, 0.25) is 0 Å². The van der Waals surface area contributed by atoms with Crippen molar-refractivity contribution in [1.29, 1.82) is 0 Å². The van der Waals surface area contributed by atoms with Crippen LogP contribution in [0.25, 0.3) is 0 Å². The third-order valence-corrected chi connectivity index (χ3v) is 4.23. The summed E-state index contributed by atoms with van der Waals surface area (Å²) in [5, 5.41) is 4.45. The lowest BCUT2D eigenvalue weighted by atomic mass is 9.92. The van der Waals surface area contributed by atoms with E-state index >= 15 is 0 Å². The summed E-state index contributed by atoms with van der Waals surface area (Å²) in [4.78, 5) is 0. The smallest absolute Gasteiger partial charge is 0.0579 e. The highest BCUT2D eigenvalue weighted by molar-refractivity contribution is 6.30. The molecule has 0 aliphatic carbocycles. The number of ether oxygens (including phenoxy) is 1. The van der Waals surface area contributed by atoms with Crippen LogP contribution in [-0.4, -0.2) is 24.8 Å². The summed E-state index contributed by atoms with van der Waals surface area (Å²) in [6.07, 6.45) is 5.10. The monoisotopic (exact) mass is 309 g/mol. The fourth-order valence-corrected chi connectivity index (χ4v) is 2.97. The number of rotatable bonds is 6. The van der Waals surface area contributed by atoms with Crippen LogP contribution in [0.4, 0.5) is 0 Å². The van der Waals surface area contributed by atoms with Crippen LogP contribution >= 0.6 is 11.6 Å². The lowest BCUT2D eigenvalue weighted by Crippen LogP contribution is -2.40. The second-order valence-corrected chi connectivity index (χ2v) is 7.63. The lowest BCUT2D eigenvalue weighted by Gasteiger charge is -2.27. The first-order valence-corrected chi connectivity index (χ1v) is 8.41. The minimum atomic E-state index is 0.161. The standard InChI is InChI=1S/C18H28ClNO/c1-18(2,3)20-13-15(12-17-5-4-10-21-17)11-14-6-8-16(19)9-7-14/h6-9,15,17,20H,4-5,10-13H2,1-3H3. The second-order valence-electron chi connectivity index (χ2n) is 7.20. The zero-order valence-corrected chi connectivity index (χ0v) is 14.2. The SMILES string of the molecule is CC(C)(C)NCC(Cc1ccc(Cl)cc1)CC1CCCO1. The highest BCUT2D eigenvalue weighted by Crippen LogP contribution is 2.23. The molecule has 2 atom stereocenters. The minimum Gasteiger partial charge on any atom is -0.378 e. The number of benzene rings is 1. The largest absolute Gasteiger partial charge is 0.378 e. The normalized spacial score (nSPS) is 20.7. The highest BCUT2D eigenvalue weighted by Gasteiger charge is 2.22. The van der Waals surface area contributed by atoms with Crippen molar-refractivity contribution in [3.8, 4) is 0 Å². The molecule has 2 rings (SSSR count). The van der Waals surface area contributed by atoms with Crippen LogP contribution in [0.5, 0.6) is 0 Å². The summed E-state index contributed by atoms with van der Waals surface area (Å²) in [5.41, 5.74) is 1.52. The highest BCUT2D eigenvalue weighted by atomic mass is 35.5. The van der Waals surface area contributed by atoms with E-state index in [1.165, 1.54) is 18.4 Å². The van der Waals surface area contributed by atoms with Crippen molar-refractivity contribution in [2.75, 3.05) is 13.2 Å². The van der Waals surface area contributed by atoms with E-state index in [0.717, 1.165) is 31.0 Å². The van der Waals surface area contributed by atoms with E-state index in [1.807, 2.05) is 12.1 Å². The van der Waals surface area contributed by atoms with E-state index in [9.17, 15) is 0 Å². The van der Waals surface area contributed by atoms with Crippen molar-refractivity contribution >= 4 is 11.6 Å². The van der Waals surface area contributed by atoms with Crippen molar-refractivity contribution in [2.24, 2.45) is 5.92 Å². The molecule has 1 aromatic rings. The number of nitrogens with one attached hydrogen (secondary N) is 1. The Kier molecular flexibility index (Phi) is 6.09. The molecule has 21 heavy (non-hydrogen) atoms. The molecule has 1 N–H and O–H groups in total. The molecule has 1 aliphatic heterocycles. The van der Waals surface area contributed by atoms with Gasteiger partial charge in [0.15, 0.2) is 0 Å².